The van der Waals surface area contributed by atoms with Crippen LogP contribution in [-0.4, -0.2) is 44.4 Å². The second-order valence-electron chi connectivity index (χ2n) is 3.56. The van der Waals surface area contributed by atoms with Crippen LogP contribution in [0.25, 0.3) is 0 Å². The fourth-order valence-corrected chi connectivity index (χ4v) is 1.24. The smallest absolute Gasteiger partial charge is 0.117 e. The highest BCUT2D eigenvalue weighted by Gasteiger charge is 2.28. The summed E-state index contributed by atoms with van der Waals surface area (Å²) >= 11 is 0. The summed E-state index contributed by atoms with van der Waals surface area (Å²) in [5, 5.41) is 3.34. The molecule has 1 aliphatic rings. The van der Waals surface area contributed by atoms with Crippen LogP contribution < -0.4 is 5.32 Å². The number of nitrogens with one attached hydrogen (secondary N) is 1. The van der Waals surface area contributed by atoms with Gasteiger partial charge in [-0.2, -0.15) is 0 Å². The summed E-state index contributed by atoms with van der Waals surface area (Å²) in [5.74, 6) is 0. The van der Waals surface area contributed by atoms with Gasteiger partial charge in [0.15, 0.2) is 0 Å². The number of hydrogen-bond donors (Lipinski definition) is 1. The maximum Gasteiger partial charge on any atom is 0.117 e. The van der Waals surface area contributed by atoms with E-state index in [0.717, 1.165) is 26.1 Å². The van der Waals surface area contributed by atoms with Crippen molar-refractivity contribution in [1.29, 1.82) is 0 Å². The summed E-state index contributed by atoms with van der Waals surface area (Å²) in [6.07, 6.45) is 1.06. The minimum absolute atomic E-state index is 0. The lowest BCUT2D eigenvalue weighted by molar-refractivity contribution is -0.00504. The molecule has 1 atom stereocenters. The average molecular weight is 195 g/mol. The number of hydrogen-bond acceptors (Lipinski definition) is 3. The molecule has 1 rings (SSSR count). The molecular formula is C8H19ClN2O. The van der Waals surface area contributed by atoms with Crippen LogP contribution in [0, 0.1) is 0 Å². The van der Waals surface area contributed by atoms with Crippen LogP contribution in [0.2, 0.25) is 0 Å². The molecule has 0 bridgehead atoms. The summed E-state index contributed by atoms with van der Waals surface area (Å²) in [5.41, 5.74) is -0.0652. The van der Waals surface area contributed by atoms with Crippen LogP contribution in [0.3, 0.4) is 0 Å². The van der Waals surface area contributed by atoms with Gasteiger partial charge in [-0.3, -0.25) is 5.32 Å². The van der Waals surface area contributed by atoms with Crippen LogP contribution >= 0.6 is 12.4 Å². The van der Waals surface area contributed by atoms with Crippen molar-refractivity contribution in [2.24, 2.45) is 0 Å². The SMILES string of the molecule is CN(C)CCC1(C)NCCO1.Cl. The number of nitrogens with zero attached hydrogens (tertiary/aromatic N) is 1. The minimum atomic E-state index is -0.0652. The third kappa shape index (κ3) is 3.72. The molecule has 0 radical (unpaired) electrons. The molecule has 0 aromatic rings. The van der Waals surface area contributed by atoms with Gasteiger partial charge in [0.25, 0.3) is 0 Å². The predicted molar refractivity (Wildman–Crippen MR) is 52.8 cm³/mol. The van der Waals surface area contributed by atoms with Crippen molar-refractivity contribution in [3.8, 4) is 0 Å². The van der Waals surface area contributed by atoms with Crippen molar-refractivity contribution < 1.29 is 4.74 Å². The van der Waals surface area contributed by atoms with Crippen molar-refractivity contribution in [1.82, 2.24) is 10.2 Å². The zero-order valence-electron chi connectivity index (χ0n) is 8.09. The van der Waals surface area contributed by atoms with E-state index in [9.17, 15) is 0 Å². The van der Waals surface area contributed by atoms with Gasteiger partial charge < -0.3 is 9.64 Å². The molecule has 74 valence electrons. The molecule has 1 heterocycles. The van der Waals surface area contributed by atoms with Crippen LogP contribution in [0.4, 0.5) is 0 Å². The van der Waals surface area contributed by atoms with Gasteiger partial charge in [0.05, 0.1) is 6.61 Å². The topological polar surface area (TPSA) is 24.5 Å². The molecule has 0 aliphatic carbocycles. The number of halogens is 1. The summed E-state index contributed by atoms with van der Waals surface area (Å²) in [4.78, 5) is 2.18. The first-order chi connectivity index (χ1) is 5.12. The Hall–Kier alpha value is 0.170. The first-order valence-electron chi connectivity index (χ1n) is 4.16. The number of ether oxygens (including phenoxy) is 1. The second-order valence-corrected chi connectivity index (χ2v) is 3.56. The van der Waals surface area contributed by atoms with Crippen molar-refractivity contribution in [3.05, 3.63) is 0 Å². The van der Waals surface area contributed by atoms with Gasteiger partial charge in [-0.25, -0.2) is 0 Å². The zero-order valence-corrected chi connectivity index (χ0v) is 8.91. The van der Waals surface area contributed by atoms with Crippen molar-refractivity contribution >= 4 is 12.4 Å². The van der Waals surface area contributed by atoms with Crippen LogP contribution in [0.1, 0.15) is 13.3 Å². The van der Waals surface area contributed by atoms with Crippen LogP contribution in [-0.2, 0) is 4.74 Å². The molecule has 3 nitrogen and oxygen atoms in total. The summed E-state index contributed by atoms with van der Waals surface area (Å²) in [6, 6.07) is 0. The minimum Gasteiger partial charge on any atom is -0.360 e. The van der Waals surface area contributed by atoms with Crippen molar-refractivity contribution in [3.63, 3.8) is 0 Å². The van der Waals surface area contributed by atoms with Gasteiger partial charge in [0.1, 0.15) is 5.72 Å². The number of rotatable bonds is 3. The molecule has 0 saturated carbocycles. The molecule has 0 amide bonds. The van der Waals surface area contributed by atoms with Crippen molar-refractivity contribution in [2.45, 2.75) is 19.1 Å². The van der Waals surface area contributed by atoms with Gasteiger partial charge in [-0.05, 0) is 21.0 Å². The van der Waals surface area contributed by atoms with Gasteiger partial charge in [-0.1, -0.05) is 0 Å². The Labute approximate surface area is 80.9 Å². The van der Waals surface area contributed by atoms with E-state index in [1.165, 1.54) is 0 Å². The van der Waals surface area contributed by atoms with E-state index in [-0.39, 0.29) is 18.1 Å². The molecule has 0 spiro atoms. The van der Waals surface area contributed by atoms with E-state index in [4.69, 9.17) is 4.74 Å². The highest BCUT2D eigenvalue weighted by molar-refractivity contribution is 5.85. The van der Waals surface area contributed by atoms with E-state index < -0.39 is 0 Å². The predicted octanol–water partition coefficient (Wildman–Crippen LogP) is 0.696. The molecule has 1 N–H and O–H groups in total. The largest absolute Gasteiger partial charge is 0.360 e. The fourth-order valence-electron chi connectivity index (χ4n) is 1.24. The quantitative estimate of drug-likeness (QED) is 0.716. The Morgan fingerprint density at radius 1 is 1.50 bits per heavy atom. The maximum atomic E-state index is 5.55. The van der Waals surface area contributed by atoms with Crippen LogP contribution in [0.15, 0.2) is 0 Å². The normalized spacial score (nSPS) is 29.0. The lowest BCUT2D eigenvalue weighted by atomic mass is 10.2. The molecule has 0 aromatic carbocycles. The Kier molecular flexibility index (Phi) is 5.09. The van der Waals surface area contributed by atoms with Gasteiger partial charge in [-0.15, -0.1) is 12.4 Å². The molecule has 4 heteroatoms. The van der Waals surface area contributed by atoms with E-state index in [2.05, 4.69) is 31.2 Å². The molecule has 12 heavy (non-hydrogen) atoms. The molecule has 1 fully saturated rings. The molecule has 1 unspecified atom stereocenters. The first kappa shape index (κ1) is 12.2. The van der Waals surface area contributed by atoms with Gasteiger partial charge in [0, 0.05) is 19.5 Å². The Balaban J connectivity index is 0.00000121. The third-order valence-electron chi connectivity index (χ3n) is 2.06. The van der Waals surface area contributed by atoms with Crippen LogP contribution in [0.5, 0.6) is 0 Å². The zero-order chi connectivity index (χ0) is 8.32. The summed E-state index contributed by atoms with van der Waals surface area (Å²) in [6.45, 7) is 5.03. The summed E-state index contributed by atoms with van der Waals surface area (Å²) in [7, 11) is 4.16. The van der Waals surface area contributed by atoms with E-state index in [1.807, 2.05) is 0 Å². The molecule has 0 aromatic heterocycles. The maximum absolute atomic E-state index is 5.55. The lowest BCUT2D eigenvalue weighted by Crippen LogP contribution is -2.40. The van der Waals surface area contributed by atoms with E-state index in [0.29, 0.717) is 0 Å². The first-order valence-corrected chi connectivity index (χ1v) is 4.16. The Bertz CT molecular complexity index is 124. The highest BCUT2D eigenvalue weighted by atomic mass is 35.5. The standard InChI is InChI=1S/C8H18N2O.ClH/c1-8(4-6-10(2)3)9-5-7-11-8;/h9H,4-7H2,1-3H3;1H. The van der Waals surface area contributed by atoms with Crippen molar-refractivity contribution in [2.75, 3.05) is 33.8 Å². The van der Waals surface area contributed by atoms with Gasteiger partial charge >= 0.3 is 0 Å². The molecular weight excluding hydrogens is 176 g/mol. The average Bonchev–Trinajstić information content (AvgIpc) is 2.33. The fraction of sp³-hybridized carbons (Fsp3) is 1.00. The Morgan fingerprint density at radius 3 is 2.58 bits per heavy atom. The Morgan fingerprint density at radius 2 is 2.17 bits per heavy atom. The van der Waals surface area contributed by atoms with Gasteiger partial charge in [0.2, 0.25) is 0 Å². The molecule has 1 aliphatic heterocycles. The second kappa shape index (κ2) is 5.02. The third-order valence-corrected chi connectivity index (χ3v) is 2.06. The summed E-state index contributed by atoms with van der Waals surface area (Å²) < 4.78 is 5.55. The van der Waals surface area contributed by atoms with E-state index >= 15 is 0 Å². The lowest BCUT2D eigenvalue weighted by Gasteiger charge is -2.25. The molecule has 1 saturated heterocycles. The van der Waals surface area contributed by atoms with E-state index in [1.54, 1.807) is 0 Å². The highest BCUT2D eigenvalue weighted by Crippen LogP contribution is 2.15. The monoisotopic (exact) mass is 194 g/mol.